The summed E-state index contributed by atoms with van der Waals surface area (Å²) in [5.74, 6) is 0. The number of hydrogen-bond donors (Lipinski definition) is 1. The molecular weight excluding hydrogens is 196 g/mol. The van der Waals surface area contributed by atoms with Gasteiger partial charge in [-0.3, -0.25) is 4.90 Å². The average molecular weight is 218 g/mol. The summed E-state index contributed by atoms with van der Waals surface area (Å²) < 4.78 is 0. The molecule has 0 aliphatic carbocycles. The molecular formula is C14H22N2. The molecule has 0 saturated heterocycles. The second kappa shape index (κ2) is 4.56. The average Bonchev–Trinajstić information content (AvgIpc) is 2.25. The van der Waals surface area contributed by atoms with Gasteiger partial charge in [0.15, 0.2) is 0 Å². The van der Waals surface area contributed by atoms with E-state index in [2.05, 4.69) is 43.0 Å². The largest absolute Gasteiger partial charge is 0.330 e. The van der Waals surface area contributed by atoms with Gasteiger partial charge in [0.2, 0.25) is 0 Å². The molecule has 0 spiro atoms. The molecule has 1 aromatic rings. The lowest BCUT2D eigenvalue weighted by Crippen LogP contribution is -2.42. The van der Waals surface area contributed by atoms with Gasteiger partial charge in [-0.25, -0.2) is 0 Å². The Labute approximate surface area is 98.4 Å². The first-order valence-corrected chi connectivity index (χ1v) is 6.14. The van der Waals surface area contributed by atoms with Crippen molar-refractivity contribution in [1.29, 1.82) is 0 Å². The first-order chi connectivity index (χ1) is 7.63. The number of fused-ring (bicyclic) bond motifs is 1. The van der Waals surface area contributed by atoms with Crippen LogP contribution in [0.1, 0.15) is 31.4 Å². The summed E-state index contributed by atoms with van der Waals surface area (Å²) in [6.07, 6.45) is 1.10. The fraction of sp³-hybridized carbons (Fsp3) is 0.571. The van der Waals surface area contributed by atoms with Gasteiger partial charge in [0.1, 0.15) is 0 Å². The summed E-state index contributed by atoms with van der Waals surface area (Å²) in [5.41, 5.74) is 8.84. The number of nitrogens with zero attached hydrogens (tertiary/aromatic N) is 1. The van der Waals surface area contributed by atoms with Crippen molar-refractivity contribution in [2.75, 3.05) is 19.6 Å². The Kier molecular flexibility index (Phi) is 3.31. The van der Waals surface area contributed by atoms with Crippen molar-refractivity contribution < 1.29 is 0 Å². The van der Waals surface area contributed by atoms with Crippen LogP contribution in [-0.4, -0.2) is 24.5 Å². The smallest absolute Gasteiger partial charge is 0.0237 e. The van der Waals surface area contributed by atoms with Gasteiger partial charge in [-0.05, 0) is 30.6 Å². The van der Waals surface area contributed by atoms with E-state index in [-0.39, 0.29) is 5.41 Å². The lowest BCUT2D eigenvalue weighted by Gasteiger charge is -2.40. The summed E-state index contributed by atoms with van der Waals surface area (Å²) in [5, 5.41) is 0. The highest BCUT2D eigenvalue weighted by Crippen LogP contribution is 2.32. The van der Waals surface area contributed by atoms with Crippen molar-refractivity contribution in [3.8, 4) is 0 Å². The van der Waals surface area contributed by atoms with Gasteiger partial charge in [-0.1, -0.05) is 38.1 Å². The molecule has 0 aromatic heterocycles. The molecule has 1 heterocycles. The Balaban J connectivity index is 2.19. The van der Waals surface area contributed by atoms with E-state index in [0.717, 1.165) is 32.6 Å². The zero-order valence-electron chi connectivity index (χ0n) is 10.4. The van der Waals surface area contributed by atoms with Crippen LogP contribution in [0.3, 0.4) is 0 Å². The minimum atomic E-state index is 0.267. The van der Waals surface area contributed by atoms with E-state index in [9.17, 15) is 0 Å². The highest BCUT2D eigenvalue weighted by molar-refractivity contribution is 5.35. The van der Waals surface area contributed by atoms with Crippen molar-refractivity contribution in [2.24, 2.45) is 5.73 Å². The second-order valence-electron chi connectivity index (χ2n) is 5.39. The fourth-order valence-electron chi connectivity index (χ4n) is 2.73. The third-order valence-electron chi connectivity index (χ3n) is 3.44. The van der Waals surface area contributed by atoms with Gasteiger partial charge < -0.3 is 5.73 Å². The van der Waals surface area contributed by atoms with Gasteiger partial charge >= 0.3 is 0 Å². The molecule has 0 radical (unpaired) electrons. The Bertz CT molecular complexity index is 358. The SMILES string of the molecule is CC1(C)CN(CCCN)Cc2ccccc21. The molecule has 0 atom stereocenters. The van der Waals surface area contributed by atoms with Gasteiger partial charge in [0.25, 0.3) is 0 Å². The van der Waals surface area contributed by atoms with Crippen molar-refractivity contribution in [1.82, 2.24) is 4.90 Å². The molecule has 88 valence electrons. The Morgan fingerprint density at radius 3 is 2.81 bits per heavy atom. The molecule has 2 N–H and O–H groups in total. The maximum absolute atomic E-state index is 5.58. The van der Waals surface area contributed by atoms with Gasteiger partial charge in [0, 0.05) is 18.5 Å². The van der Waals surface area contributed by atoms with E-state index in [1.807, 2.05) is 0 Å². The fourth-order valence-corrected chi connectivity index (χ4v) is 2.73. The number of benzene rings is 1. The summed E-state index contributed by atoms with van der Waals surface area (Å²) in [7, 11) is 0. The predicted octanol–water partition coefficient (Wildman–Crippen LogP) is 2.13. The quantitative estimate of drug-likeness (QED) is 0.842. The summed E-state index contributed by atoms with van der Waals surface area (Å²) >= 11 is 0. The van der Waals surface area contributed by atoms with Crippen LogP contribution in [0.5, 0.6) is 0 Å². The minimum Gasteiger partial charge on any atom is -0.330 e. The summed E-state index contributed by atoms with van der Waals surface area (Å²) in [4.78, 5) is 2.52. The molecule has 1 aliphatic heterocycles. The molecule has 0 saturated carbocycles. The van der Waals surface area contributed by atoms with Crippen molar-refractivity contribution in [2.45, 2.75) is 32.2 Å². The molecule has 0 bridgehead atoms. The van der Waals surface area contributed by atoms with Crippen LogP contribution >= 0.6 is 0 Å². The van der Waals surface area contributed by atoms with E-state index < -0.39 is 0 Å². The lowest BCUT2D eigenvalue weighted by molar-refractivity contribution is 0.193. The standard InChI is InChI=1S/C14H22N2/c1-14(2)11-16(9-5-8-15)10-12-6-3-4-7-13(12)14/h3-4,6-7H,5,8-11,15H2,1-2H3. The molecule has 1 aliphatic rings. The van der Waals surface area contributed by atoms with Gasteiger partial charge in [0.05, 0.1) is 0 Å². The second-order valence-corrected chi connectivity index (χ2v) is 5.39. The van der Waals surface area contributed by atoms with Crippen molar-refractivity contribution in [3.05, 3.63) is 35.4 Å². The Morgan fingerprint density at radius 2 is 2.06 bits per heavy atom. The van der Waals surface area contributed by atoms with Crippen LogP contribution in [-0.2, 0) is 12.0 Å². The van der Waals surface area contributed by atoms with E-state index in [4.69, 9.17) is 5.73 Å². The topological polar surface area (TPSA) is 29.3 Å². The van der Waals surface area contributed by atoms with Crippen LogP contribution in [0.25, 0.3) is 0 Å². The summed E-state index contributed by atoms with van der Waals surface area (Å²) in [6, 6.07) is 8.82. The zero-order chi connectivity index (χ0) is 11.6. The Morgan fingerprint density at radius 1 is 1.31 bits per heavy atom. The molecule has 2 nitrogen and oxygen atoms in total. The third-order valence-corrected chi connectivity index (χ3v) is 3.44. The van der Waals surface area contributed by atoms with Crippen LogP contribution in [0.2, 0.25) is 0 Å². The van der Waals surface area contributed by atoms with Gasteiger partial charge in [-0.2, -0.15) is 0 Å². The predicted molar refractivity (Wildman–Crippen MR) is 68.4 cm³/mol. The van der Waals surface area contributed by atoms with E-state index in [1.165, 1.54) is 11.1 Å². The van der Waals surface area contributed by atoms with E-state index in [0.29, 0.717) is 0 Å². The van der Waals surface area contributed by atoms with E-state index in [1.54, 1.807) is 0 Å². The van der Waals surface area contributed by atoms with Crippen molar-refractivity contribution in [3.63, 3.8) is 0 Å². The highest BCUT2D eigenvalue weighted by Gasteiger charge is 2.30. The molecule has 16 heavy (non-hydrogen) atoms. The molecule has 2 rings (SSSR count). The maximum Gasteiger partial charge on any atom is 0.0237 e. The normalized spacial score (nSPS) is 19.4. The van der Waals surface area contributed by atoms with Gasteiger partial charge in [-0.15, -0.1) is 0 Å². The number of rotatable bonds is 3. The summed E-state index contributed by atoms with van der Waals surface area (Å²) in [6.45, 7) is 8.80. The van der Waals surface area contributed by atoms with Crippen molar-refractivity contribution >= 4 is 0 Å². The molecule has 0 unspecified atom stereocenters. The van der Waals surface area contributed by atoms with Crippen LogP contribution in [0.15, 0.2) is 24.3 Å². The zero-order valence-corrected chi connectivity index (χ0v) is 10.4. The van der Waals surface area contributed by atoms with Crippen LogP contribution in [0, 0.1) is 0 Å². The third kappa shape index (κ3) is 2.28. The minimum absolute atomic E-state index is 0.267. The lowest BCUT2D eigenvalue weighted by atomic mass is 9.78. The monoisotopic (exact) mass is 218 g/mol. The van der Waals surface area contributed by atoms with E-state index >= 15 is 0 Å². The molecule has 1 aromatic carbocycles. The maximum atomic E-state index is 5.58. The number of hydrogen-bond acceptors (Lipinski definition) is 2. The number of nitrogens with two attached hydrogens (primary N) is 1. The first-order valence-electron chi connectivity index (χ1n) is 6.14. The Hall–Kier alpha value is -0.860. The molecule has 2 heteroatoms. The van der Waals surface area contributed by atoms with Crippen LogP contribution < -0.4 is 5.73 Å². The first kappa shape index (κ1) is 11.6. The van der Waals surface area contributed by atoms with Crippen LogP contribution in [0.4, 0.5) is 0 Å². The molecule has 0 amide bonds. The highest BCUT2D eigenvalue weighted by atomic mass is 15.1. The molecule has 0 fully saturated rings.